The van der Waals surface area contributed by atoms with Crippen LogP contribution in [-0.2, 0) is 6.54 Å². The maximum atomic E-state index is 13.2. The van der Waals surface area contributed by atoms with Gasteiger partial charge in [0.1, 0.15) is 0 Å². The highest BCUT2D eigenvalue weighted by Crippen LogP contribution is 2.23. The molecule has 5 rings (SSSR count). The number of nitrogens with zero attached hydrogens (tertiary/aromatic N) is 7. The van der Waals surface area contributed by atoms with Crippen molar-refractivity contribution in [2.45, 2.75) is 45.7 Å². The Morgan fingerprint density at radius 2 is 2.03 bits per heavy atom. The Balaban J connectivity index is 1.42. The summed E-state index contributed by atoms with van der Waals surface area (Å²) in [4.78, 5) is 15.5. The van der Waals surface area contributed by atoms with Crippen LogP contribution in [0.4, 0.5) is 5.82 Å². The molecule has 11 nitrogen and oxygen atoms in total. The van der Waals surface area contributed by atoms with E-state index in [1.165, 1.54) is 11.1 Å². The molecule has 1 aliphatic rings. The molecule has 11 heteroatoms. The topological polar surface area (TPSA) is 140 Å². The number of carbonyl (C=O) groups is 1. The second kappa shape index (κ2) is 9.63. The van der Waals surface area contributed by atoms with Crippen LogP contribution in [0.3, 0.4) is 0 Å². The predicted molar refractivity (Wildman–Crippen MR) is 131 cm³/mol. The normalized spacial score (nSPS) is 17.1. The van der Waals surface area contributed by atoms with Gasteiger partial charge in [0, 0.05) is 12.6 Å². The number of anilines is 1. The number of nitrogens with one attached hydrogen (secondary N) is 1. The van der Waals surface area contributed by atoms with Crippen LogP contribution in [0.25, 0.3) is 16.6 Å². The van der Waals surface area contributed by atoms with Gasteiger partial charge in [0.15, 0.2) is 5.69 Å². The summed E-state index contributed by atoms with van der Waals surface area (Å²) < 4.78 is 6.16. The summed E-state index contributed by atoms with van der Waals surface area (Å²) in [6.07, 6.45) is 3.37. The van der Waals surface area contributed by atoms with Gasteiger partial charge in [0.25, 0.3) is 5.91 Å². The lowest BCUT2D eigenvalue weighted by Gasteiger charge is -2.33. The third-order valence-corrected chi connectivity index (χ3v) is 6.46. The molecule has 0 radical (unpaired) electrons. The number of nitrogens with two attached hydrogens (primary N) is 1. The van der Waals surface area contributed by atoms with Crippen LogP contribution < -0.4 is 11.2 Å². The number of carbonyl (C=O) groups excluding carboxylic acids is 1. The molecule has 0 bridgehead atoms. The number of hydrazone groups is 1. The Bertz CT molecular complexity index is 1390. The van der Waals surface area contributed by atoms with Crippen molar-refractivity contribution in [3.8, 4) is 5.82 Å². The molecule has 1 fully saturated rings. The molecule has 1 unspecified atom stereocenters. The molecule has 2 aromatic heterocycles. The van der Waals surface area contributed by atoms with Crippen molar-refractivity contribution < 1.29 is 9.42 Å². The minimum Gasteiger partial charge on any atom is -0.378 e. The monoisotopic (exact) mass is 473 g/mol. The number of nitrogen functional groups attached to an aromatic ring is 1. The van der Waals surface area contributed by atoms with Gasteiger partial charge in [-0.2, -0.15) is 9.78 Å². The number of amides is 1. The smallest absolute Gasteiger partial charge is 0.293 e. The van der Waals surface area contributed by atoms with E-state index in [2.05, 4.69) is 49.0 Å². The number of likely N-dealkylation sites (tertiary alicyclic amines) is 1. The van der Waals surface area contributed by atoms with E-state index in [0.717, 1.165) is 35.7 Å². The average molecular weight is 474 g/mol. The summed E-state index contributed by atoms with van der Waals surface area (Å²) in [7, 11) is 0. The number of hydrogen-bond donors (Lipinski definition) is 2. The van der Waals surface area contributed by atoms with Crippen LogP contribution in [-0.4, -0.2) is 54.4 Å². The molecule has 4 aromatic rings. The van der Waals surface area contributed by atoms with Crippen molar-refractivity contribution in [2.24, 2.45) is 5.10 Å². The molecule has 1 atom stereocenters. The summed E-state index contributed by atoms with van der Waals surface area (Å²) in [6.45, 7) is 5.39. The van der Waals surface area contributed by atoms with Crippen LogP contribution in [0.15, 0.2) is 52.2 Å². The lowest BCUT2D eigenvalue weighted by molar-refractivity contribution is 0.0944. The van der Waals surface area contributed by atoms with E-state index in [0.29, 0.717) is 24.0 Å². The zero-order valence-corrected chi connectivity index (χ0v) is 19.7. The third-order valence-electron chi connectivity index (χ3n) is 6.46. The first kappa shape index (κ1) is 22.7. The molecule has 35 heavy (non-hydrogen) atoms. The maximum Gasteiger partial charge on any atom is 0.293 e. The van der Waals surface area contributed by atoms with Gasteiger partial charge in [-0.3, -0.25) is 9.69 Å². The molecular formula is C24H27N9O2. The first-order valence-electron chi connectivity index (χ1n) is 11.6. The number of rotatable bonds is 6. The van der Waals surface area contributed by atoms with Gasteiger partial charge >= 0.3 is 0 Å². The molecule has 0 aliphatic carbocycles. The number of aromatic nitrogens is 5. The second-order valence-corrected chi connectivity index (χ2v) is 8.78. The minimum absolute atomic E-state index is 0.0694. The highest BCUT2D eigenvalue weighted by Gasteiger charge is 2.28. The van der Waals surface area contributed by atoms with E-state index < -0.39 is 5.91 Å². The maximum absolute atomic E-state index is 13.2. The van der Waals surface area contributed by atoms with Gasteiger partial charge in [-0.05, 0) is 65.9 Å². The summed E-state index contributed by atoms with van der Waals surface area (Å²) >= 11 is 0. The fourth-order valence-corrected chi connectivity index (χ4v) is 4.38. The Morgan fingerprint density at radius 1 is 1.20 bits per heavy atom. The Kier molecular flexibility index (Phi) is 6.23. The van der Waals surface area contributed by atoms with Gasteiger partial charge in [-0.1, -0.05) is 48.0 Å². The van der Waals surface area contributed by atoms with Gasteiger partial charge in [-0.15, -0.1) is 5.10 Å². The SMILES string of the molecule is CC(=NNC(=O)c1nnn(-c2nonc2N)c1CN1CCCCC1C)c1ccc2ccccc2c1. The largest absolute Gasteiger partial charge is 0.378 e. The van der Waals surface area contributed by atoms with Crippen LogP contribution in [0.5, 0.6) is 0 Å². The Hall–Kier alpha value is -4.12. The zero-order valence-electron chi connectivity index (χ0n) is 19.7. The molecule has 3 N–H and O–H groups in total. The van der Waals surface area contributed by atoms with E-state index in [-0.39, 0.29) is 17.3 Å². The number of fused-ring (bicyclic) bond motifs is 1. The standard InChI is InChI=1S/C24H27N9O2/c1-15-7-5-6-12-32(15)14-20-21(27-31-33(20)23-22(25)29-35-30-23)24(34)28-26-16(2)18-11-10-17-8-3-4-9-19(17)13-18/h3-4,8-11,13,15H,5-7,12,14H2,1-2H3,(H2,25,29)(H,28,34). The van der Waals surface area contributed by atoms with E-state index in [4.69, 9.17) is 10.4 Å². The minimum atomic E-state index is -0.467. The molecule has 1 saturated heterocycles. The second-order valence-electron chi connectivity index (χ2n) is 8.78. The van der Waals surface area contributed by atoms with Crippen LogP contribution in [0.1, 0.15) is 54.9 Å². The van der Waals surface area contributed by atoms with Gasteiger partial charge in [0.05, 0.1) is 11.4 Å². The van der Waals surface area contributed by atoms with E-state index >= 15 is 0 Å². The fraction of sp³-hybridized carbons (Fsp3) is 0.333. The van der Waals surface area contributed by atoms with Crippen LogP contribution >= 0.6 is 0 Å². The first-order valence-corrected chi connectivity index (χ1v) is 11.6. The van der Waals surface area contributed by atoms with Crippen molar-refractivity contribution in [1.82, 2.24) is 35.6 Å². The van der Waals surface area contributed by atoms with E-state index in [9.17, 15) is 4.79 Å². The lowest BCUT2D eigenvalue weighted by Crippen LogP contribution is -2.38. The van der Waals surface area contributed by atoms with Gasteiger partial charge < -0.3 is 5.73 Å². The predicted octanol–water partition coefficient (Wildman–Crippen LogP) is 2.91. The van der Waals surface area contributed by atoms with Crippen molar-refractivity contribution >= 4 is 28.2 Å². The number of piperidine rings is 1. The molecule has 2 aromatic carbocycles. The van der Waals surface area contributed by atoms with Crippen LogP contribution in [0, 0.1) is 0 Å². The summed E-state index contributed by atoms with van der Waals surface area (Å²) in [5, 5.41) is 22.3. The highest BCUT2D eigenvalue weighted by atomic mass is 16.6. The van der Waals surface area contributed by atoms with Crippen molar-refractivity contribution in [1.29, 1.82) is 0 Å². The van der Waals surface area contributed by atoms with E-state index in [1.807, 2.05) is 43.3 Å². The third kappa shape index (κ3) is 4.62. The van der Waals surface area contributed by atoms with E-state index in [1.54, 1.807) is 0 Å². The average Bonchev–Trinajstić information content (AvgIpc) is 3.49. The van der Waals surface area contributed by atoms with Crippen LogP contribution in [0.2, 0.25) is 0 Å². The first-order chi connectivity index (χ1) is 17.0. The number of benzene rings is 2. The van der Waals surface area contributed by atoms with Gasteiger partial charge in [-0.25, -0.2) is 10.1 Å². The summed E-state index contributed by atoms with van der Waals surface area (Å²) in [5.74, 6) is -0.196. The Morgan fingerprint density at radius 3 is 2.80 bits per heavy atom. The fourth-order valence-electron chi connectivity index (χ4n) is 4.38. The summed E-state index contributed by atoms with van der Waals surface area (Å²) in [6, 6.07) is 14.5. The zero-order chi connectivity index (χ0) is 24.4. The quantitative estimate of drug-likeness (QED) is 0.322. The highest BCUT2D eigenvalue weighted by molar-refractivity contribution is 6.03. The molecule has 3 heterocycles. The molecule has 1 amide bonds. The lowest BCUT2D eigenvalue weighted by atomic mass is 10.0. The van der Waals surface area contributed by atoms with Crippen molar-refractivity contribution in [2.75, 3.05) is 12.3 Å². The molecule has 1 aliphatic heterocycles. The Labute approximate surface area is 201 Å². The molecular weight excluding hydrogens is 446 g/mol. The summed E-state index contributed by atoms with van der Waals surface area (Å²) in [5.41, 5.74) is 10.8. The van der Waals surface area contributed by atoms with Gasteiger partial charge in [0.2, 0.25) is 11.6 Å². The molecule has 0 spiro atoms. The molecule has 0 saturated carbocycles. The number of hydrogen-bond acceptors (Lipinski definition) is 9. The van der Waals surface area contributed by atoms with Crippen molar-refractivity contribution in [3.63, 3.8) is 0 Å². The van der Waals surface area contributed by atoms with Crippen molar-refractivity contribution in [3.05, 3.63) is 59.4 Å². The molecule has 180 valence electrons.